The van der Waals surface area contributed by atoms with Gasteiger partial charge in [0.1, 0.15) is 0 Å². The van der Waals surface area contributed by atoms with E-state index in [0.29, 0.717) is 22.5 Å². The van der Waals surface area contributed by atoms with Crippen molar-refractivity contribution in [3.05, 3.63) is 59.9 Å². The van der Waals surface area contributed by atoms with Crippen molar-refractivity contribution in [2.45, 2.75) is 23.7 Å². The highest BCUT2D eigenvalue weighted by molar-refractivity contribution is 7.99. The number of aromatic nitrogens is 2. The molecule has 1 N–H and O–H groups in total. The molecular weight excluding hydrogens is 375 g/mol. The molecule has 0 saturated carbocycles. The Morgan fingerprint density at radius 3 is 2.74 bits per heavy atom. The highest BCUT2D eigenvalue weighted by Gasteiger charge is 2.50. The Hall–Kier alpha value is -2.48. The van der Waals surface area contributed by atoms with Gasteiger partial charge in [-0.05, 0) is 30.2 Å². The Bertz CT molecular complexity index is 971. The molecule has 4 nitrogen and oxygen atoms in total. The van der Waals surface area contributed by atoms with E-state index in [4.69, 9.17) is 0 Å². The number of carbonyl (C=O) groups is 1. The van der Waals surface area contributed by atoms with Gasteiger partial charge in [0.05, 0.1) is 16.5 Å². The smallest absolute Gasteiger partial charge is 0.356 e. The number of aromatic amines is 1. The molecule has 3 aromatic rings. The number of hydrogen-bond acceptors (Lipinski definition) is 3. The first kappa shape index (κ1) is 17.9. The molecule has 140 valence electrons. The maximum absolute atomic E-state index is 13.9. The average molecular weight is 391 g/mol. The van der Waals surface area contributed by atoms with E-state index in [1.807, 2.05) is 6.07 Å². The molecule has 1 aliphatic rings. The van der Waals surface area contributed by atoms with E-state index in [1.165, 1.54) is 0 Å². The molecule has 0 radical (unpaired) electrons. The van der Waals surface area contributed by atoms with Crippen molar-refractivity contribution >= 4 is 28.6 Å². The third-order valence-corrected chi connectivity index (χ3v) is 5.57. The van der Waals surface area contributed by atoms with Crippen molar-refractivity contribution < 1.29 is 18.0 Å². The van der Waals surface area contributed by atoms with Crippen molar-refractivity contribution in [1.29, 1.82) is 0 Å². The van der Waals surface area contributed by atoms with Gasteiger partial charge in [0, 0.05) is 23.6 Å². The van der Waals surface area contributed by atoms with Gasteiger partial charge in [0.2, 0.25) is 5.91 Å². The highest BCUT2D eigenvalue weighted by atomic mass is 32.2. The second-order valence-corrected chi connectivity index (χ2v) is 7.30. The number of halogens is 3. The fraction of sp³-hybridized carbons (Fsp3) is 0.263. The summed E-state index contributed by atoms with van der Waals surface area (Å²) in [5.41, 5.74) is 1.38. The Morgan fingerprint density at radius 1 is 1.22 bits per heavy atom. The Morgan fingerprint density at radius 2 is 2.00 bits per heavy atom. The lowest BCUT2D eigenvalue weighted by Crippen LogP contribution is -2.47. The number of hydrogen-bond donors (Lipinski definition) is 1. The molecule has 1 atom stereocenters. The van der Waals surface area contributed by atoms with E-state index >= 15 is 0 Å². The third-order valence-electron chi connectivity index (χ3n) is 4.65. The molecule has 0 unspecified atom stereocenters. The van der Waals surface area contributed by atoms with Gasteiger partial charge in [0.25, 0.3) is 0 Å². The van der Waals surface area contributed by atoms with Gasteiger partial charge in [-0.25, -0.2) is 4.98 Å². The second kappa shape index (κ2) is 6.92. The van der Waals surface area contributed by atoms with Gasteiger partial charge in [-0.15, -0.1) is 0 Å². The van der Waals surface area contributed by atoms with Gasteiger partial charge in [0.15, 0.2) is 6.04 Å². The van der Waals surface area contributed by atoms with Crippen molar-refractivity contribution in [2.75, 3.05) is 12.3 Å². The van der Waals surface area contributed by atoms with Crippen molar-refractivity contribution in [3.8, 4) is 0 Å². The number of benzene rings is 1. The van der Waals surface area contributed by atoms with Crippen LogP contribution in [0.4, 0.5) is 13.2 Å². The lowest BCUT2D eigenvalue weighted by atomic mass is 9.97. The minimum Gasteiger partial charge on any atom is -0.356 e. The minimum atomic E-state index is -4.55. The predicted molar refractivity (Wildman–Crippen MR) is 97.5 cm³/mol. The summed E-state index contributed by atoms with van der Waals surface area (Å²) in [4.78, 5) is 20.5. The summed E-state index contributed by atoms with van der Waals surface area (Å²) in [6.45, 7) is 0.0423. The van der Waals surface area contributed by atoms with Crippen molar-refractivity contribution in [1.82, 2.24) is 14.9 Å². The number of amides is 1. The molecule has 1 aliphatic heterocycles. The van der Waals surface area contributed by atoms with Crippen LogP contribution in [0.15, 0.2) is 53.7 Å². The molecule has 0 saturated heterocycles. The first-order valence-corrected chi connectivity index (χ1v) is 9.43. The number of nitrogens with zero attached hydrogens (tertiary/aromatic N) is 2. The van der Waals surface area contributed by atoms with Crippen molar-refractivity contribution in [2.24, 2.45) is 0 Å². The summed E-state index contributed by atoms with van der Waals surface area (Å²) >= 11 is 1.14. The lowest BCUT2D eigenvalue weighted by molar-refractivity contribution is -0.193. The average Bonchev–Trinajstić information content (AvgIpc) is 3.03. The normalized spacial score (nSPS) is 17.1. The standard InChI is InChI=1S/C19H16F3N3OS/c20-19(21,22)18-17-13(12-5-1-2-6-14(12)24-17)8-10-25(18)16(26)11-27-15-7-3-4-9-23-15/h1-7,9,18,24H,8,10-11H2/t18-/m1/s1. The van der Waals surface area contributed by atoms with Crippen LogP contribution in [0.2, 0.25) is 0 Å². The number of carbonyl (C=O) groups excluding carboxylic acids is 1. The maximum atomic E-state index is 13.9. The molecule has 0 fully saturated rings. The molecule has 1 aromatic carbocycles. The highest BCUT2D eigenvalue weighted by Crippen LogP contribution is 2.43. The second-order valence-electron chi connectivity index (χ2n) is 6.30. The summed E-state index contributed by atoms with van der Waals surface area (Å²) in [5.74, 6) is -0.628. The SMILES string of the molecule is O=C(CSc1ccccn1)N1CCc2c([nH]c3ccccc23)[C@@H]1C(F)(F)F. The zero-order chi connectivity index (χ0) is 19.0. The number of fused-ring (bicyclic) bond motifs is 3. The van der Waals surface area contributed by atoms with Gasteiger partial charge >= 0.3 is 6.18 Å². The number of H-pyrrole nitrogens is 1. The third kappa shape index (κ3) is 3.41. The quantitative estimate of drug-likeness (QED) is 0.676. The first-order chi connectivity index (χ1) is 12.9. The molecule has 4 rings (SSSR count). The van der Waals surface area contributed by atoms with E-state index < -0.39 is 18.1 Å². The van der Waals surface area contributed by atoms with E-state index in [1.54, 1.807) is 42.6 Å². The number of para-hydroxylation sites is 1. The fourth-order valence-corrected chi connectivity index (χ4v) is 4.25. The lowest BCUT2D eigenvalue weighted by Gasteiger charge is -2.36. The summed E-state index contributed by atoms with van der Waals surface area (Å²) in [7, 11) is 0. The number of nitrogens with one attached hydrogen (secondary N) is 1. The molecule has 0 spiro atoms. The number of rotatable bonds is 3. The van der Waals surface area contributed by atoms with Gasteiger partial charge in [-0.1, -0.05) is 36.0 Å². The monoisotopic (exact) mass is 391 g/mol. The maximum Gasteiger partial charge on any atom is 0.414 e. The Balaban J connectivity index is 1.64. The summed E-state index contributed by atoms with van der Waals surface area (Å²) in [6.07, 6.45) is -2.57. The number of thioether (sulfide) groups is 1. The number of alkyl halides is 3. The van der Waals surface area contributed by atoms with Gasteiger partial charge < -0.3 is 9.88 Å². The predicted octanol–water partition coefficient (Wildman–Crippen LogP) is 4.34. The Labute approximate surface area is 157 Å². The molecule has 27 heavy (non-hydrogen) atoms. The molecule has 1 amide bonds. The van der Waals surface area contributed by atoms with Crippen LogP contribution in [0.25, 0.3) is 10.9 Å². The number of pyridine rings is 1. The molecule has 8 heteroatoms. The van der Waals surface area contributed by atoms with Crippen LogP contribution >= 0.6 is 11.8 Å². The summed E-state index contributed by atoms with van der Waals surface area (Å²) in [5, 5.41) is 1.40. The van der Waals surface area contributed by atoms with E-state index in [0.717, 1.165) is 22.0 Å². The van der Waals surface area contributed by atoms with E-state index in [-0.39, 0.29) is 18.0 Å². The van der Waals surface area contributed by atoms with Crippen LogP contribution in [0.1, 0.15) is 17.3 Å². The van der Waals surface area contributed by atoms with E-state index in [2.05, 4.69) is 9.97 Å². The van der Waals surface area contributed by atoms with Crippen molar-refractivity contribution in [3.63, 3.8) is 0 Å². The van der Waals surface area contributed by atoms with Gasteiger partial charge in [-0.3, -0.25) is 4.79 Å². The Kier molecular flexibility index (Phi) is 4.59. The molecule has 0 aliphatic carbocycles. The molecule has 2 aromatic heterocycles. The van der Waals surface area contributed by atoms with Crippen LogP contribution < -0.4 is 0 Å². The minimum absolute atomic E-state index is 0.0423. The summed E-state index contributed by atoms with van der Waals surface area (Å²) in [6, 6.07) is 10.4. The summed E-state index contributed by atoms with van der Waals surface area (Å²) < 4.78 is 41.7. The first-order valence-electron chi connectivity index (χ1n) is 8.44. The zero-order valence-electron chi connectivity index (χ0n) is 14.2. The fourth-order valence-electron chi connectivity index (χ4n) is 3.50. The zero-order valence-corrected chi connectivity index (χ0v) is 15.0. The molecule has 3 heterocycles. The van der Waals surface area contributed by atoms with E-state index in [9.17, 15) is 18.0 Å². The van der Waals surface area contributed by atoms with Crippen LogP contribution in [-0.4, -0.2) is 39.2 Å². The molecule has 0 bridgehead atoms. The molecular formula is C19H16F3N3OS. The topological polar surface area (TPSA) is 49.0 Å². The van der Waals surface area contributed by atoms with Crippen LogP contribution in [0.5, 0.6) is 0 Å². The van der Waals surface area contributed by atoms with Crippen LogP contribution in [0.3, 0.4) is 0 Å². The van der Waals surface area contributed by atoms with Crippen LogP contribution in [0, 0.1) is 0 Å². The van der Waals surface area contributed by atoms with Gasteiger partial charge in [-0.2, -0.15) is 13.2 Å². The largest absolute Gasteiger partial charge is 0.414 e. The van der Waals surface area contributed by atoms with Crippen LogP contribution in [-0.2, 0) is 11.2 Å².